The van der Waals surface area contributed by atoms with Gasteiger partial charge in [-0.15, -0.1) is 0 Å². The molecule has 0 unspecified atom stereocenters. The van der Waals surface area contributed by atoms with Crippen molar-refractivity contribution in [2.24, 2.45) is 0 Å². The summed E-state index contributed by atoms with van der Waals surface area (Å²) in [5.74, 6) is 1.28. The molecule has 0 aliphatic rings. The van der Waals surface area contributed by atoms with Crippen LogP contribution < -0.4 is 10.6 Å². The van der Waals surface area contributed by atoms with Crippen molar-refractivity contribution in [2.45, 2.75) is 25.0 Å². The summed E-state index contributed by atoms with van der Waals surface area (Å²) in [4.78, 5) is 24.5. The molecule has 2 aromatic carbocycles. The second-order valence-corrected chi connectivity index (χ2v) is 8.16. The predicted octanol–water partition coefficient (Wildman–Crippen LogP) is 4.16. The van der Waals surface area contributed by atoms with Crippen LogP contribution in [0.15, 0.2) is 65.7 Å². The minimum atomic E-state index is -0.105. The van der Waals surface area contributed by atoms with E-state index in [2.05, 4.69) is 31.7 Å². The first-order valence-electron chi connectivity index (χ1n) is 10.2. The number of amides is 1. The van der Waals surface area contributed by atoms with Crippen molar-refractivity contribution in [3.63, 3.8) is 0 Å². The largest absolute Gasteiger partial charge is 0.365 e. The molecule has 3 N–H and O–H groups in total. The van der Waals surface area contributed by atoms with Crippen LogP contribution in [0.4, 0.5) is 5.82 Å². The number of benzene rings is 2. The highest BCUT2D eigenvalue weighted by molar-refractivity contribution is 8.00. The first kappa shape index (κ1) is 21.4. The molecule has 1 amide bonds. The van der Waals surface area contributed by atoms with Gasteiger partial charge in [-0.3, -0.25) is 4.79 Å². The van der Waals surface area contributed by atoms with Crippen molar-refractivity contribution in [3.8, 4) is 6.07 Å². The number of aromatic nitrogens is 3. The van der Waals surface area contributed by atoms with Crippen molar-refractivity contribution in [3.05, 3.63) is 83.2 Å². The van der Waals surface area contributed by atoms with Gasteiger partial charge in [-0.25, -0.2) is 9.97 Å². The molecule has 0 fully saturated rings. The Kier molecular flexibility index (Phi) is 6.68. The Morgan fingerprint density at radius 1 is 1.03 bits per heavy atom. The van der Waals surface area contributed by atoms with Crippen LogP contribution in [0.2, 0.25) is 0 Å². The van der Waals surface area contributed by atoms with Gasteiger partial charge in [0.2, 0.25) is 5.91 Å². The number of aryl methyl sites for hydroxylation is 1. The van der Waals surface area contributed by atoms with E-state index in [1.807, 2.05) is 67.6 Å². The maximum Gasteiger partial charge on any atom is 0.230 e. The molecule has 0 atom stereocenters. The van der Waals surface area contributed by atoms with Gasteiger partial charge in [0.1, 0.15) is 23.4 Å². The van der Waals surface area contributed by atoms with E-state index in [1.165, 1.54) is 11.8 Å². The maximum absolute atomic E-state index is 12.3. The van der Waals surface area contributed by atoms with Crippen LogP contribution in [0.1, 0.15) is 22.5 Å². The second kappa shape index (κ2) is 9.98. The fourth-order valence-corrected chi connectivity index (χ4v) is 4.13. The molecule has 2 aromatic heterocycles. The minimum Gasteiger partial charge on any atom is -0.365 e. The average Bonchev–Trinajstić information content (AvgIpc) is 3.18. The summed E-state index contributed by atoms with van der Waals surface area (Å²) in [7, 11) is 0. The Bertz CT molecular complexity index is 1260. The number of thioether (sulfide) groups is 1. The van der Waals surface area contributed by atoms with E-state index in [0.717, 1.165) is 11.1 Å². The molecule has 4 rings (SSSR count). The molecule has 0 aliphatic heterocycles. The summed E-state index contributed by atoms with van der Waals surface area (Å²) in [6.45, 7) is 2.85. The Morgan fingerprint density at radius 3 is 2.34 bits per heavy atom. The van der Waals surface area contributed by atoms with E-state index in [1.54, 1.807) is 0 Å². The standard InChI is InChI=1S/C24H22N6OS/c1-16-28-22(27-14-18-10-6-3-7-11-18)21-19(12-25)24(30-23(21)29-16)32-15-20(31)26-13-17-8-4-2-5-9-17/h2-11H,13-15H2,1H3,(H,26,31)(H2,27,28,29,30). The lowest BCUT2D eigenvalue weighted by molar-refractivity contribution is -0.118. The summed E-state index contributed by atoms with van der Waals surface area (Å²) in [6.07, 6.45) is 0. The molecular formula is C24H22N6OS. The number of nitrogens with zero attached hydrogens (tertiary/aromatic N) is 3. The van der Waals surface area contributed by atoms with Gasteiger partial charge in [-0.05, 0) is 18.1 Å². The first-order valence-corrected chi connectivity index (χ1v) is 11.1. The molecule has 2 heterocycles. The van der Waals surface area contributed by atoms with Crippen molar-refractivity contribution in [1.29, 1.82) is 5.26 Å². The molecule has 0 saturated carbocycles. The van der Waals surface area contributed by atoms with Gasteiger partial charge < -0.3 is 15.6 Å². The smallest absolute Gasteiger partial charge is 0.230 e. The zero-order chi connectivity index (χ0) is 22.3. The Hall–Kier alpha value is -3.83. The molecule has 7 nitrogen and oxygen atoms in total. The summed E-state index contributed by atoms with van der Waals surface area (Å²) in [5.41, 5.74) is 3.16. The molecule has 160 valence electrons. The van der Waals surface area contributed by atoms with Crippen molar-refractivity contribution < 1.29 is 4.79 Å². The Labute approximate surface area is 190 Å². The van der Waals surface area contributed by atoms with E-state index in [4.69, 9.17) is 0 Å². The van der Waals surface area contributed by atoms with Gasteiger partial charge in [0.15, 0.2) is 0 Å². The van der Waals surface area contributed by atoms with E-state index in [9.17, 15) is 10.1 Å². The van der Waals surface area contributed by atoms with Gasteiger partial charge in [0, 0.05) is 13.1 Å². The van der Waals surface area contributed by atoms with Crippen LogP contribution in [0.3, 0.4) is 0 Å². The van der Waals surface area contributed by atoms with Crippen LogP contribution in [0.25, 0.3) is 11.0 Å². The number of nitriles is 1. The Morgan fingerprint density at radius 2 is 1.69 bits per heavy atom. The zero-order valence-corrected chi connectivity index (χ0v) is 18.4. The SMILES string of the molecule is Cc1nc(NCc2ccccc2)c2c(C#N)c(SCC(=O)NCc3ccccc3)[nH]c2n1. The number of hydrogen-bond acceptors (Lipinski definition) is 6. The highest BCUT2D eigenvalue weighted by Crippen LogP contribution is 2.32. The first-order chi connectivity index (χ1) is 15.6. The van der Waals surface area contributed by atoms with Gasteiger partial charge in [0.05, 0.1) is 21.7 Å². The third-order valence-corrected chi connectivity index (χ3v) is 5.83. The summed E-state index contributed by atoms with van der Waals surface area (Å²) < 4.78 is 0. The molecule has 0 aliphatic carbocycles. The lowest BCUT2D eigenvalue weighted by Crippen LogP contribution is -2.24. The van der Waals surface area contributed by atoms with Crippen molar-refractivity contribution in [1.82, 2.24) is 20.3 Å². The highest BCUT2D eigenvalue weighted by atomic mass is 32.2. The highest BCUT2D eigenvalue weighted by Gasteiger charge is 2.19. The van der Waals surface area contributed by atoms with E-state index in [0.29, 0.717) is 46.4 Å². The lowest BCUT2D eigenvalue weighted by Gasteiger charge is -2.08. The fraction of sp³-hybridized carbons (Fsp3) is 0.167. The van der Waals surface area contributed by atoms with Gasteiger partial charge in [-0.2, -0.15) is 5.26 Å². The molecule has 4 aromatic rings. The number of carbonyl (C=O) groups excluding carboxylic acids is 1. The normalized spacial score (nSPS) is 10.6. The molecular weight excluding hydrogens is 420 g/mol. The van der Waals surface area contributed by atoms with Crippen LogP contribution >= 0.6 is 11.8 Å². The van der Waals surface area contributed by atoms with E-state index >= 15 is 0 Å². The fourth-order valence-electron chi connectivity index (χ4n) is 3.29. The number of nitrogens with one attached hydrogen (secondary N) is 3. The van der Waals surface area contributed by atoms with Crippen molar-refractivity contribution in [2.75, 3.05) is 11.1 Å². The molecule has 0 spiro atoms. The van der Waals surface area contributed by atoms with Gasteiger partial charge >= 0.3 is 0 Å². The monoisotopic (exact) mass is 442 g/mol. The molecule has 0 radical (unpaired) electrons. The van der Waals surface area contributed by atoms with E-state index in [-0.39, 0.29) is 11.7 Å². The lowest BCUT2D eigenvalue weighted by atomic mass is 10.2. The Balaban J connectivity index is 1.49. The van der Waals surface area contributed by atoms with E-state index < -0.39 is 0 Å². The maximum atomic E-state index is 12.3. The number of carbonyl (C=O) groups is 1. The average molecular weight is 443 g/mol. The number of hydrogen-bond donors (Lipinski definition) is 3. The topological polar surface area (TPSA) is 106 Å². The number of anilines is 1. The second-order valence-electron chi connectivity index (χ2n) is 7.17. The van der Waals surface area contributed by atoms with Gasteiger partial charge in [0.25, 0.3) is 0 Å². The van der Waals surface area contributed by atoms with Crippen LogP contribution in [-0.2, 0) is 17.9 Å². The zero-order valence-electron chi connectivity index (χ0n) is 17.6. The quantitative estimate of drug-likeness (QED) is 0.354. The summed E-state index contributed by atoms with van der Waals surface area (Å²) in [6, 6.07) is 22.0. The van der Waals surface area contributed by atoms with Crippen LogP contribution in [0.5, 0.6) is 0 Å². The number of rotatable bonds is 8. The number of H-pyrrole nitrogens is 1. The molecule has 0 saturated heterocycles. The third-order valence-electron chi connectivity index (χ3n) is 4.82. The third kappa shape index (κ3) is 5.07. The number of aromatic amines is 1. The predicted molar refractivity (Wildman–Crippen MR) is 126 cm³/mol. The number of fused-ring (bicyclic) bond motifs is 1. The molecule has 32 heavy (non-hydrogen) atoms. The van der Waals surface area contributed by atoms with Crippen LogP contribution in [0, 0.1) is 18.3 Å². The molecule has 8 heteroatoms. The molecule has 0 bridgehead atoms. The van der Waals surface area contributed by atoms with Crippen LogP contribution in [-0.4, -0.2) is 26.6 Å². The summed E-state index contributed by atoms with van der Waals surface area (Å²) >= 11 is 1.28. The van der Waals surface area contributed by atoms with Gasteiger partial charge in [-0.1, -0.05) is 72.4 Å². The minimum absolute atomic E-state index is 0.105. The summed E-state index contributed by atoms with van der Waals surface area (Å²) in [5, 5.41) is 17.3. The van der Waals surface area contributed by atoms with Crippen molar-refractivity contribution >= 4 is 34.5 Å².